The van der Waals surface area contributed by atoms with Crippen LogP contribution in [0.1, 0.15) is 82.6 Å². The number of anilines is 1. The van der Waals surface area contributed by atoms with Crippen LogP contribution in [-0.2, 0) is 18.7 Å². The highest BCUT2D eigenvalue weighted by molar-refractivity contribution is 8.00. The fourth-order valence-corrected chi connectivity index (χ4v) is 9.11. The summed E-state index contributed by atoms with van der Waals surface area (Å²) in [7, 11) is 1.00. The van der Waals surface area contributed by atoms with Crippen LogP contribution < -0.4 is 4.31 Å². The van der Waals surface area contributed by atoms with Crippen molar-refractivity contribution in [2.24, 2.45) is 5.92 Å². The third kappa shape index (κ3) is 5.72. The van der Waals surface area contributed by atoms with E-state index in [-0.39, 0.29) is 5.91 Å². The van der Waals surface area contributed by atoms with Crippen LogP contribution in [0.2, 0.25) is 0 Å². The summed E-state index contributed by atoms with van der Waals surface area (Å²) in [6, 6.07) is 12.2. The number of rotatable bonds is 5. The van der Waals surface area contributed by atoms with Crippen molar-refractivity contribution in [2.75, 3.05) is 23.7 Å². The molecule has 1 amide bonds. The van der Waals surface area contributed by atoms with Crippen molar-refractivity contribution in [3.63, 3.8) is 0 Å². The predicted molar refractivity (Wildman–Crippen MR) is 192 cm³/mol. The number of nitrogens with zero attached hydrogens (tertiary/aromatic N) is 7. The number of benzene rings is 1. The van der Waals surface area contributed by atoms with Crippen LogP contribution in [0.3, 0.4) is 0 Å². The highest BCUT2D eigenvalue weighted by Gasteiger charge is 2.80. The summed E-state index contributed by atoms with van der Waals surface area (Å²) >= 11 is 1.89. The average molecular weight is 690 g/mol. The molecule has 2 bridgehead atoms. The smallest absolute Gasteiger partial charge is 0.255 e. The lowest BCUT2D eigenvalue weighted by Crippen LogP contribution is -2.32. The maximum Gasteiger partial charge on any atom is 0.255 e. The Hall–Kier alpha value is -3.19. The first-order valence-electron chi connectivity index (χ1n) is 17.8. The number of halogens is 1. The van der Waals surface area contributed by atoms with E-state index < -0.39 is 11.3 Å². The first-order valence-corrected chi connectivity index (χ1v) is 18.7. The highest BCUT2D eigenvalue weighted by atomic mass is 32.2. The summed E-state index contributed by atoms with van der Waals surface area (Å²) in [4.78, 5) is 28.6. The molecule has 1 saturated carbocycles. The Morgan fingerprint density at radius 1 is 1.12 bits per heavy atom. The molecule has 6 aliphatic heterocycles. The second-order valence-electron chi connectivity index (χ2n) is 15.8. The van der Waals surface area contributed by atoms with Gasteiger partial charge in [0.1, 0.15) is 23.3 Å². The van der Waals surface area contributed by atoms with Gasteiger partial charge in [-0.2, -0.15) is 0 Å². The molecule has 6 atom stereocenters. The van der Waals surface area contributed by atoms with Gasteiger partial charge in [-0.25, -0.2) is 14.4 Å². The van der Waals surface area contributed by atoms with Gasteiger partial charge in [0.05, 0.1) is 28.4 Å². The molecule has 0 radical (unpaired) electrons. The summed E-state index contributed by atoms with van der Waals surface area (Å²) in [5.74, 6) is 3.81. The molecule has 11 rings (SSSR count). The lowest BCUT2D eigenvalue weighted by Gasteiger charge is -2.32. The van der Waals surface area contributed by atoms with Crippen molar-refractivity contribution >= 4 is 45.7 Å². The third-order valence-electron chi connectivity index (χ3n) is 10.7. The number of aliphatic hydroxyl groups is 2. The van der Waals surface area contributed by atoms with Crippen molar-refractivity contribution in [1.29, 1.82) is 0 Å². The molecule has 262 valence electrons. The lowest BCUT2D eigenvalue weighted by molar-refractivity contribution is 0.0398. The van der Waals surface area contributed by atoms with E-state index in [2.05, 4.69) is 43.5 Å². The van der Waals surface area contributed by atoms with E-state index in [0.29, 0.717) is 48.7 Å². The second kappa shape index (κ2) is 11.7. The lowest BCUT2D eigenvalue weighted by atomic mass is 9.87. The fraction of sp³-hybridized carbons (Fsp3) is 0.595. The molecular weight excluding hydrogens is 642 g/mol. The summed E-state index contributed by atoms with van der Waals surface area (Å²) in [6.07, 6.45) is 5.83. The molecule has 12 heteroatoms. The number of amides is 1. The molecule has 1 aliphatic carbocycles. The number of alkyl halides is 1. The molecule has 0 spiro atoms. The maximum atomic E-state index is 13.7. The van der Waals surface area contributed by atoms with E-state index in [0.717, 1.165) is 70.9 Å². The van der Waals surface area contributed by atoms with Crippen LogP contribution in [0.25, 0.3) is 33.6 Å². The number of imidazole rings is 1. The number of piperazine rings is 1. The van der Waals surface area contributed by atoms with Crippen molar-refractivity contribution in [2.45, 2.75) is 115 Å². The number of carbonyl (C=O) groups is 1. The standard InChI is InChI=1S/C32H35N7O2S.C4H9F.CH4O/c1-17-4-3-11-42-39(17)25-8-7-19-14-23(36(28(19)34-25)15-18-5-6-18)29-33-22-13-20(31(40)37-16-24-27-30(37)38(24)27)12-21-26(22)35(29)10-9-32(21,2)41;1-4(2,3)5;1-2/h7-8,12-14,17-18,24,27,30,41H,3-6,9-11,15-16H2,1-2H3;1-3H3;2H,1H3. The quantitative estimate of drug-likeness (QED) is 0.197. The van der Waals surface area contributed by atoms with Gasteiger partial charge in [-0.1, -0.05) is 0 Å². The van der Waals surface area contributed by atoms with E-state index in [1.807, 2.05) is 35.9 Å². The number of hydrogen-bond donors (Lipinski definition) is 2. The Morgan fingerprint density at radius 3 is 2.51 bits per heavy atom. The molecule has 3 aromatic heterocycles. The van der Waals surface area contributed by atoms with Crippen molar-refractivity contribution in [1.82, 2.24) is 28.9 Å². The van der Waals surface area contributed by atoms with Gasteiger partial charge in [0.15, 0.2) is 5.82 Å². The van der Waals surface area contributed by atoms with Gasteiger partial charge in [-0.15, -0.1) is 0 Å². The zero-order valence-electron chi connectivity index (χ0n) is 29.4. The Balaban J connectivity index is 0.000000460. The molecule has 6 fully saturated rings. The van der Waals surface area contributed by atoms with Crippen LogP contribution in [0.4, 0.5) is 10.2 Å². The monoisotopic (exact) mass is 689 g/mol. The highest BCUT2D eigenvalue weighted by Crippen LogP contribution is 2.59. The SMILES string of the molecule is CC(C)(C)F.CC1CCCSN1c1ccc2cc(-c3nc4cc(C(=O)N5CC6C7C5N67)cc5c4n3CCC5(C)O)n(CC3CC3)c2n1.CO. The van der Waals surface area contributed by atoms with E-state index in [1.54, 1.807) is 0 Å². The fourth-order valence-electron chi connectivity index (χ4n) is 8.02. The van der Waals surface area contributed by atoms with Gasteiger partial charge < -0.3 is 24.2 Å². The minimum atomic E-state index is -1.01. The minimum absolute atomic E-state index is 0.0625. The number of hydrogen-bond acceptors (Lipinski definition) is 8. The number of carbonyl (C=O) groups excluding carboxylic acids is 1. The molecule has 7 aliphatic rings. The topological polar surface area (TPSA) is 103 Å². The van der Waals surface area contributed by atoms with E-state index in [1.165, 1.54) is 46.5 Å². The van der Waals surface area contributed by atoms with Crippen LogP contribution in [-0.4, -0.2) is 94.4 Å². The molecule has 10 nitrogen and oxygen atoms in total. The van der Waals surface area contributed by atoms with Crippen LogP contribution in [0.5, 0.6) is 0 Å². The van der Waals surface area contributed by atoms with Crippen molar-refractivity contribution < 1.29 is 19.4 Å². The molecule has 6 unspecified atom stereocenters. The van der Waals surface area contributed by atoms with Gasteiger partial charge in [0, 0.05) is 61.1 Å². The molecule has 1 aromatic carbocycles. The number of fused-ring (bicyclic) bond motifs is 2. The normalized spacial score (nSPS) is 29.3. The maximum absolute atomic E-state index is 13.7. The summed E-state index contributed by atoms with van der Waals surface area (Å²) < 4.78 is 18.8. The van der Waals surface area contributed by atoms with Crippen molar-refractivity contribution in [3.05, 3.63) is 41.5 Å². The summed E-state index contributed by atoms with van der Waals surface area (Å²) in [6.45, 7) is 11.2. The second-order valence-corrected chi connectivity index (χ2v) is 16.8. The van der Waals surface area contributed by atoms with Crippen LogP contribution in [0, 0.1) is 5.92 Å². The van der Waals surface area contributed by atoms with E-state index >= 15 is 0 Å². The Labute approximate surface area is 291 Å². The van der Waals surface area contributed by atoms with Crippen LogP contribution in [0.15, 0.2) is 30.3 Å². The zero-order chi connectivity index (χ0) is 34.6. The van der Waals surface area contributed by atoms with Crippen molar-refractivity contribution in [3.8, 4) is 11.5 Å². The van der Waals surface area contributed by atoms with E-state index in [9.17, 15) is 14.3 Å². The number of aryl methyl sites for hydroxylation is 1. The minimum Gasteiger partial charge on any atom is -0.400 e. The molecule has 5 saturated heterocycles. The number of pyridine rings is 1. The Bertz CT molecular complexity index is 1920. The molecule has 49 heavy (non-hydrogen) atoms. The largest absolute Gasteiger partial charge is 0.400 e. The first kappa shape index (κ1) is 33.0. The van der Waals surface area contributed by atoms with Gasteiger partial charge in [-0.05, 0) is 115 Å². The molecule has 2 N–H and O–H groups in total. The van der Waals surface area contributed by atoms with Gasteiger partial charge >= 0.3 is 0 Å². The predicted octanol–water partition coefficient (Wildman–Crippen LogP) is 5.92. The van der Waals surface area contributed by atoms with Crippen LogP contribution >= 0.6 is 11.9 Å². The third-order valence-corrected chi connectivity index (χ3v) is 12.0. The van der Waals surface area contributed by atoms with E-state index in [4.69, 9.17) is 15.1 Å². The Morgan fingerprint density at radius 2 is 1.86 bits per heavy atom. The Kier molecular flexibility index (Phi) is 7.86. The summed E-state index contributed by atoms with van der Waals surface area (Å²) in [5, 5.41) is 19.7. The first-order chi connectivity index (χ1) is 23.4. The average Bonchev–Trinajstić information content (AvgIpc) is 4.00. The number of aromatic nitrogens is 4. The van der Waals surface area contributed by atoms with Gasteiger partial charge in [0.25, 0.3) is 5.91 Å². The zero-order valence-corrected chi connectivity index (χ0v) is 30.2. The molecule has 4 aromatic rings. The van der Waals surface area contributed by atoms with Gasteiger partial charge in [-0.3, -0.25) is 14.0 Å². The number of aliphatic hydroxyl groups excluding tert-OH is 1. The summed E-state index contributed by atoms with van der Waals surface area (Å²) in [5.41, 5.74) is 3.29. The molecule has 9 heterocycles. The van der Waals surface area contributed by atoms with Gasteiger partial charge in [0.2, 0.25) is 0 Å². The molecular formula is C37H48FN7O3S.